The van der Waals surface area contributed by atoms with Gasteiger partial charge in [-0.1, -0.05) is 13.0 Å². The molecule has 1 fully saturated rings. The molecule has 4 rings (SSSR count). The van der Waals surface area contributed by atoms with Crippen molar-refractivity contribution in [1.82, 2.24) is 5.32 Å². The first-order chi connectivity index (χ1) is 14.0. The molecule has 0 bridgehead atoms. The summed E-state index contributed by atoms with van der Waals surface area (Å²) in [5, 5.41) is 3.31. The molecule has 0 radical (unpaired) electrons. The Balaban J connectivity index is 1.61. The second kappa shape index (κ2) is 7.95. The fourth-order valence-electron chi connectivity index (χ4n) is 4.20. The number of ketones is 1. The molecular weight excluding hydrogens is 371 g/mol. The minimum absolute atomic E-state index is 0.105. The van der Waals surface area contributed by atoms with E-state index in [1.807, 2.05) is 13.0 Å². The van der Waals surface area contributed by atoms with Crippen LogP contribution in [0, 0.1) is 5.82 Å². The van der Waals surface area contributed by atoms with Gasteiger partial charge >= 0.3 is 5.97 Å². The van der Waals surface area contributed by atoms with Crippen LogP contribution >= 0.6 is 0 Å². The molecule has 1 aliphatic carbocycles. The lowest BCUT2D eigenvalue weighted by molar-refractivity contribution is -0.122. The van der Waals surface area contributed by atoms with Crippen molar-refractivity contribution in [3.05, 3.63) is 65.0 Å². The van der Waals surface area contributed by atoms with Gasteiger partial charge in [-0.2, -0.15) is 0 Å². The van der Waals surface area contributed by atoms with Crippen molar-refractivity contribution in [2.45, 2.75) is 50.9 Å². The summed E-state index contributed by atoms with van der Waals surface area (Å²) in [6, 6.07) is 11.3. The third-order valence-electron chi connectivity index (χ3n) is 5.77. The summed E-state index contributed by atoms with van der Waals surface area (Å²) >= 11 is 0. The van der Waals surface area contributed by atoms with Crippen LogP contribution in [0.25, 0.3) is 0 Å². The molecule has 1 N–H and O–H groups in total. The van der Waals surface area contributed by atoms with Crippen molar-refractivity contribution in [2.75, 3.05) is 12.0 Å². The Bertz CT molecular complexity index is 924. The van der Waals surface area contributed by atoms with Crippen LogP contribution in [0.5, 0.6) is 0 Å². The van der Waals surface area contributed by atoms with Gasteiger partial charge in [-0.05, 0) is 66.8 Å². The third-order valence-corrected chi connectivity index (χ3v) is 5.77. The number of ether oxygens (including phenoxy) is 1. The third kappa shape index (κ3) is 3.77. The first-order valence-corrected chi connectivity index (χ1v) is 10.1. The first-order valence-electron chi connectivity index (χ1n) is 10.1. The molecule has 0 spiro atoms. The number of hydrogen-bond acceptors (Lipinski definition) is 5. The Labute approximate surface area is 169 Å². The molecule has 2 unspecified atom stereocenters. The average molecular weight is 396 g/mol. The van der Waals surface area contributed by atoms with E-state index in [0.29, 0.717) is 24.6 Å². The van der Waals surface area contributed by atoms with Gasteiger partial charge in [0.2, 0.25) is 0 Å². The van der Waals surface area contributed by atoms with Crippen LogP contribution < -0.4 is 10.2 Å². The fraction of sp³-hybridized carbons (Fsp3) is 0.391. The molecule has 0 amide bonds. The second-order valence-electron chi connectivity index (χ2n) is 7.66. The number of carbonyl (C=O) groups is 2. The maximum atomic E-state index is 13.6. The molecular formula is C23H25FN2O3. The van der Waals surface area contributed by atoms with Gasteiger partial charge in [-0.25, -0.2) is 9.18 Å². The molecule has 1 heterocycles. The highest BCUT2D eigenvalue weighted by Gasteiger charge is 2.40. The lowest BCUT2D eigenvalue weighted by Crippen LogP contribution is -2.46. The van der Waals surface area contributed by atoms with Crippen LogP contribution in [0.3, 0.4) is 0 Å². The van der Waals surface area contributed by atoms with Gasteiger partial charge in [0.25, 0.3) is 0 Å². The summed E-state index contributed by atoms with van der Waals surface area (Å²) in [5.41, 5.74) is 3.23. The molecule has 152 valence electrons. The van der Waals surface area contributed by atoms with Crippen LogP contribution in [0.1, 0.15) is 53.7 Å². The number of carbonyl (C=O) groups excluding carboxylic acids is 2. The number of Topliss-reactive ketones (excluding diaryl/α,β-unsaturated/α-hetero) is 1. The Morgan fingerprint density at radius 3 is 2.55 bits per heavy atom. The Hall–Kier alpha value is -2.73. The van der Waals surface area contributed by atoms with Gasteiger partial charge in [-0.15, -0.1) is 0 Å². The summed E-state index contributed by atoms with van der Waals surface area (Å²) in [4.78, 5) is 27.5. The number of hydrogen-bond donors (Lipinski definition) is 1. The van der Waals surface area contributed by atoms with E-state index in [9.17, 15) is 14.0 Å². The van der Waals surface area contributed by atoms with Crippen LogP contribution in [-0.4, -0.2) is 30.9 Å². The van der Waals surface area contributed by atoms with Crippen LogP contribution in [0.2, 0.25) is 0 Å². The molecule has 0 saturated heterocycles. The quantitative estimate of drug-likeness (QED) is 0.722. The van der Waals surface area contributed by atoms with E-state index in [2.05, 4.69) is 10.2 Å². The van der Waals surface area contributed by atoms with Crippen molar-refractivity contribution >= 4 is 17.4 Å². The Kier molecular flexibility index (Phi) is 5.37. The Morgan fingerprint density at radius 2 is 1.93 bits per heavy atom. The van der Waals surface area contributed by atoms with E-state index in [0.717, 1.165) is 29.7 Å². The smallest absolute Gasteiger partial charge is 0.337 e. The van der Waals surface area contributed by atoms with Crippen LogP contribution in [-0.2, 0) is 16.1 Å². The molecule has 2 aliphatic rings. The molecule has 6 heteroatoms. The number of nitrogens with zero attached hydrogens (tertiary/aromatic N) is 1. The number of rotatable bonds is 7. The largest absolute Gasteiger partial charge is 0.465 e. The summed E-state index contributed by atoms with van der Waals surface area (Å²) in [6.07, 6.45) is 2.75. The normalized spacial score (nSPS) is 18.8. The highest BCUT2D eigenvalue weighted by molar-refractivity contribution is 5.94. The molecule has 1 saturated carbocycles. The standard InChI is InChI=1S/C23H25FN2O3/c1-3-20(26(18-9-10-18)17-7-5-16(24)6-8-17)22(27)21-19-11-4-14(23(28)29-2)12-15(19)13-25-21/h4-8,11-12,18,20-21,25H,3,9-10,13H2,1-2H3. The van der Waals surface area contributed by atoms with Gasteiger partial charge in [0.1, 0.15) is 5.82 Å². The molecule has 29 heavy (non-hydrogen) atoms. The van der Waals surface area contributed by atoms with Crippen molar-refractivity contribution in [3.8, 4) is 0 Å². The number of benzene rings is 2. The van der Waals surface area contributed by atoms with E-state index < -0.39 is 6.04 Å². The van der Waals surface area contributed by atoms with Gasteiger partial charge in [-0.3, -0.25) is 10.1 Å². The average Bonchev–Trinajstić information content (AvgIpc) is 3.49. The molecule has 5 nitrogen and oxygen atoms in total. The Morgan fingerprint density at radius 1 is 1.21 bits per heavy atom. The van der Waals surface area contributed by atoms with Crippen molar-refractivity contribution in [2.24, 2.45) is 0 Å². The number of methoxy groups -OCH3 is 1. The summed E-state index contributed by atoms with van der Waals surface area (Å²) in [7, 11) is 1.36. The van der Waals surface area contributed by atoms with E-state index in [1.165, 1.54) is 19.2 Å². The monoisotopic (exact) mass is 396 g/mol. The van der Waals surface area contributed by atoms with Crippen molar-refractivity contribution in [1.29, 1.82) is 0 Å². The van der Waals surface area contributed by atoms with E-state index in [4.69, 9.17) is 4.74 Å². The molecule has 2 aromatic carbocycles. The minimum Gasteiger partial charge on any atom is -0.465 e. The molecule has 2 atom stereocenters. The number of halogens is 1. The van der Waals surface area contributed by atoms with Gasteiger partial charge in [0, 0.05) is 18.3 Å². The predicted molar refractivity (Wildman–Crippen MR) is 108 cm³/mol. The van der Waals surface area contributed by atoms with E-state index >= 15 is 0 Å². The number of nitrogens with one attached hydrogen (secondary N) is 1. The van der Waals surface area contributed by atoms with Gasteiger partial charge < -0.3 is 9.64 Å². The zero-order chi connectivity index (χ0) is 20.5. The van der Waals surface area contributed by atoms with Gasteiger partial charge in [0.15, 0.2) is 5.78 Å². The fourth-order valence-corrected chi connectivity index (χ4v) is 4.20. The summed E-state index contributed by atoms with van der Waals surface area (Å²) < 4.78 is 18.2. The van der Waals surface area contributed by atoms with Crippen LogP contribution in [0.15, 0.2) is 42.5 Å². The van der Waals surface area contributed by atoms with Gasteiger partial charge in [0.05, 0.1) is 24.8 Å². The maximum absolute atomic E-state index is 13.6. The number of anilines is 1. The highest BCUT2D eigenvalue weighted by Crippen LogP contribution is 2.37. The first kappa shape index (κ1) is 19.6. The van der Waals surface area contributed by atoms with E-state index in [1.54, 1.807) is 24.3 Å². The van der Waals surface area contributed by atoms with E-state index in [-0.39, 0.29) is 23.6 Å². The summed E-state index contributed by atoms with van der Waals surface area (Å²) in [5.74, 6) is -0.560. The lowest BCUT2D eigenvalue weighted by atomic mass is 9.94. The second-order valence-corrected chi connectivity index (χ2v) is 7.66. The minimum atomic E-state index is -0.414. The number of esters is 1. The molecule has 1 aliphatic heterocycles. The lowest BCUT2D eigenvalue weighted by Gasteiger charge is -2.34. The van der Waals surface area contributed by atoms with Crippen molar-refractivity contribution in [3.63, 3.8) is 0 Å². The zero-order valence-corrected chi connectivity index (χ0v) is 16.7. The van der Waals surface area contributed by atoms with Crippen molar-refractivity contribution < 1.29 is 18.7 Å². The number of fused-ring (bicyclic) bond motifs is 1. The molecule has 0 aromatic heterocycles. The topological polar surface area (TPSA) is 58.6 Å². The SMILES string of the molecule is CCC(C(=O)C1NCc2cc(C(=O)OC)ccc21)N(c1ccc(F)cc1)C1CC1. The predicted octanol–water partition coefficient (Wildman–Crippen LogP) is 3.77. The van der Waals surface area contributed by atoms with Crippen LogP contribution in [0.4, 0.5) is 10.1 Å². The highest BCUT2D eigenvalue weighted by atomic mass is 19.1. The summed E-state index contributed by atoms with van der Waals surface area (Å²) in [6.45, 7) is 2.55. The zero-order valence-electron chi connectivity index (χ0n) is 16.7. The maximum Gasteiger partial charge on any atom is 0.337 e. The molecule has 2 aromatic rings.